The third kappa shape index (κ3) is 4.64. The number of nitrogens with one attached hydrogen (secondary N) is 2. The van der Waals surface area contributed by atoms with Crippen LogP contribution in [-0.2, 0) is 4.79 Å². The summed E-state index contributed by atoms with van der Waals surface area (Å²) in [4.78, 5) is 11.6. The van der Waals surface area contributed by atoms with Crippen molar-refractivity contribution in [1.29, 1.82) is 0 Å². The second-order valence-electron chi connectivity index (χ2n) is 5.69. The lowest BCUT2D eigenvalue weighted by Gasteiger charge is -2.29. The summed E-state index contributed by atoms with van der Waals surface area (Å²) in [5.74, 6) is 0.820. The van der Waals surface area contributed by atoms with Crippen LogP contribution in [-0.4, -0.2) is 25.0 Å². The molecule has 1 saturated carbocycles. The summed E-state index contributed by atoms with van der Waals surface area (Å²) in [6.45, 7) is 3.31. The molecular formula is C17H26N2O. The number of amides is 1. The van der Waals surface area contributed by atoms with Gasteiger partial charge in [-0.2, -0.15) is 0 Å². The number of carbonyl (C=O) groups excluding carboxylic acids is 1. The SMILES string of the molecule is CCCNC(=O)CNC1CCC(c2ccccc2)CC1. The van der Waals surface area contributed by atoms with Gasteiger partial charge in [0.25, 0.3) is 0 Å². The van der Waals surface area contributed by atoms with Crippen LogP contribution < -0.4 is 10.6 Å². The first kappa shape index (κ1) is 15.0. The van der Waals surface area contributed by atoms with E-state index in [4.69, 9.17) is 0 Å². The van der Waals surface area contributed by atoms with E-state index in [-0.39, 0.29) is 5.91 Å². The summed E-state index contributed by atoms with van der Waals surface area (Å²) in [5.41, 5.74) is 1.46. The summed E-state index contributed by atoms with van der Waals surface area (Å²) in [6, 6.07) is 11.3. The number of hydrogen-bond donors (Lipinski definition) is 2. The van der Waals surface area contributed by atoms with Crippen molar-refractivity contribution in [3.63, 3.8) is 0 Å². The molecule has 0 atom stereocenters. The predicted molar refractivity (Wildman–Crippen MR) is 82.7 cm³/mol. The van der Waals surface area contributed by atoms with Crippen LogP contribution in [0.15, 0.2) is 30.3 Å². The average Bonchev–Trinajstić information content (AvgIpc) is 2.52. The minimum Gasteiger partial charge on any atom is -0.355 e. The van der Waals surface area contributed by atoms with Crippen molar-refractivity contribution < 1.29 is 4.79 Å². The monoisotopic (exact) mass is 274 g/mol. The summed E-state index contributed by atoms with van der Waals surface area (Å²) in [7, 11) is 0. The van der Waals surface area contributed by atoms with Crippen molar-refractivity contribution in [1.82, 2.24) is 10.6 Å². The van der Waals surface area contributed by atoms with Gasteiger partial charge in [-0.05, 0) is 43.6 Å². The third-order valence-corrected chi connectivity index (χ3v) is 4.12. The topological polar surface area (TPSA) is 41.1 Å². The molecule has 0 aromatic heterocycles. The van der Waals surface area contributed by atoms with Crippen molar-refractivity contribution in [2.45, 2.75) is 51.0 Å². The third-order valence-electron chi connectivity index (χ3n) is 4.12. The molecule has 20 heavy (non-hydrogen) atoms. The smallest absolute Gasteiger partial charge is 0.233 e. The zero-order valence-corrected chi connectivity index (χ0v) is 12.4. The van der Waals surface area contributed by atoms with Crippen LogP contribution in [0.3, 0.4) is 0 Å². The Balaban J connectivity index is 1.68. The lowest BCUT2D eigenvalue weighted by atomic mass is 9.82. The standard InChI is InChI=1S/C17H26N2O/c1-2-12-18-17(20)13-19-16-10-8-15(9-11-16)14-6-4-3-5-7-14/h3-7,15-16,19H,2,8-13H2,1H3,(H,18,20). The normalized spacial score (nSPS) is 22.4. The molecule has 0 radical (unpaired) electrons. The quantitative estimate of drug-likeness (QED) is 0.837. The van der Waals surface area contributed by atoms with Gasteiger partial charge in [0, 0.05) is 12.6 Å². The molecule has 1 amide bonds. The summed E-state index contributed by atoms with van der Waals surface area (Å²) >= 11 is 0. The van der Waals surface area contributed by atoms with Gasteiger partial charge in [0.05, 0.1) is 6.54 Å². The molecule has 1 aromatic carbocycles. The van der Waals surface area contributed by atoms with Gasteiger partial charge in [-0.1, -0.05) is 37.3 Å². The van der Waals surface area contributed by atoms with Crippen LogP contribution >= 0.6 is 0 Å². The molecule has 0 saturated heterocycles. The number of carbonyl (C=O) groups is 1. The van der Waals surface area contributed by atoms with Crippen LogP contribution in [0.5, 0.6) is 0 Å². The van der Waals surface area contributed by atoms with Crippen molar-refractivity contribution in [2.24, 2.45) is 0 Å². The Morgan fingerprint density at radius 3 is 2.50 bits per heavy atom. The van der Waals surface area contributed by atoms with Crippen LogP contribution in [0.4, 0.5) is 0 Å². The van der Waals surface area contributed by atoms with E-state index in [1.807, 2.05) is 0 Å². The molecule has 3 heteroatoms. The maximum absolute atomic E-state index is 11.6. The van der Waals surface area contributed by atoms with Crippen LogP contribution in [0, 0.1) is 0 Å². The molecule has 1 fully saturated rings. The van der Waals surface area contributed by atoms with Gasteiger partial charge in [-0.3, -0.25) is 4.79 Å². The van der Waals surface area contributed by atoms with Gasteiger partial charge in [0.1, 0.15) is 0 Å². The zero-order valence-electron chi connectivity index (χ0n) is 12.4. The molecule has 0 heterocycles. The van der Waals surface area contributed by atoms with E-state index in [9.17, 15) is 4.79 Å². The highest BCUT2D eigenvalue weighted by Gasteiger charge is 2.22. The second-order valence-corrected chi connectivity index (χ2v) is 5.69. The fourth-order valence-corrected chi connectivity index (χ4v) is 2.92. The molecule has 0 aliphatic heterocycles. The first-order valence-corrected chi connectivity index (χ1v) is 7.84. The molecule has 1 aliphatic carbocycles. The van der Waals surface area contributed by atoms with Crippen LogP contribution in [0.1, 0.15) is 50.5 Å². The van der Waals surface area contributed by atoms with Gasteiger partial charge >= 0.3 is 0 Å². The summed E-state index contributed by atoms with van der Waals surface area (Å²) in [6.07, 6.45) is 5.77. The predicted octanol–water partition coefficient (Wildman–Crippen LogP) is 2.83. The highest BCUT2D eigenvalue weighted by atomic mass is 16.1. The maximum Gasteiger partial charge on any atom is 0.233 e. The molecule has 1 aliphatic rings. The molecule has 0 bridgehead atoms. The fraction of sp³-hybridized carbons (Fsp3) is 0.588. The Bertz CT molecular complexity index is 397. The molecule has 0 unspecified atom stereocenters. The van der Waals surface area contributed by atoms with Gasteiger partial charge in [-0.15, -0.1) is 0 Å². The Hall–Kier alpha value is -1.35. The first-order chi connectivity index (χ1) is 9.79. The fourth-order valence-electron chi connectivity index (χ4n) is 2.92. The molecule has 1 aromatic rings. The van der Waals surface area contributed by atoms with Crippen molar-refractivity contribution >= 4 is 5.91 Å². The van der Waals surface area contributed by atoms with Gasteiger partial charge in [0.15, 0.2) is 0 Å². The van der Waals surface area contributed by atoms with E-state index >= 15 is 0 Å². The average molecular weight is 274 g/mol. The molecule has 3 nitrogen and oxygen atoms in total. The Labute approximate surface area is 122 Å². The molecule has 110 valence electrons. The van der Waals surface area contributed by atoms with Gasteiger partial charge < -0.3 is 10.6 Å². The highest BCUT2D eigenvalue weighted by Crippen LogP contribution is 2.32. The summed E-state index contributed by atoms with van der Waals surface area (Å²) in [5, 5.41) is 6.30. The minimum atomic E-state index is 0.122. The van der Waals surface area contributed by atoms with Crippen LogP contribution in [0.25, 0.3) is 0 Å². The highest BCUT2D eigenvalue weighted by molar-refractivity contribution is 5.77. The molecule has 0 spiro atoms. The Morgan fingerprint density at radius 1 is 1.15 bits per heavy atom. The largest absolute Gasteiger partial charge is 0.355 e. The van der Waals surface area contributed by atoms with Crippen LogP contribution in [0.2, 0.25) is 0 Å². The lowest BCUT2D eigenvalue weighted by Crippen LogP contribution is -2.40. The van der Waals surface area contributed by atoms with E-state index in [2.05, 4.69) is 47.9 Å². The minimum absolute atomic E-state index is 0.122. The zero-order chi connectivity index (χ0) is 14.2. The Kier molecular flexibility index (Phi) is 6.06. The first-order valence-electron chi connectivity index (χ1n) is 7.84. The molecule has 2 N–H and O–H groups in total. The van der Waals surface area contributed by atoms with Crippen molar-refractivity contribution in [2.75, 3.05) is 13.1 Å². The van der Waals surface area contributed by atoms with E-state index in [1.54, 1.807) is 0 Å². The summed E-state index contributed by atoms with van der Waals surface area (Å²) < 4.78 is 0. The van der Waals surface area contributed by atoms with E-state index < -0.39 is 0 Å². The van der Waals surface area contributed by atoms with Gasteiger partial charge in [0.2, 0.25) is 5.91 Å². The lowest BCUT2D eigenvalue weighted by molar-refractivity contribution is -0.120. The van der Waals surface area contributed by atoms with E-state index in [0.717, 1.165) is 13.0 Å². The van der Waals surface area contributed by atoms with Gasteiger partial charge in [-0.25, -0.2) is 0 Å². The number of benzene rings is 1. The van der Waals surface area contributed by atoms with E-state index in [1.165, 1.54) is 31.2 Å². The van der Waals surface area contributed by atoms with Crippen molar-refractivity contribution in [3.05, 3.63) is 35.9 Å². The maximum atomic E-state index is 11.6. The van der Waals surface area contributed by atoms with E-state index in [0.29, 0.717) is 18.5 Å². The second kappa shape index (κ2) is 8.05. The number of hydrogen-bond acceptors (Lipinski definition) is 2. The Morgan fingerprint density at radius 2 is 1.85 bits per heavy atom. The van der Waals surface area contributed by atoms with Crippen molar-refractivity contribution in [3.8, 4) is 0 Å². The molecular weight excluding hydrogens is 248 g/mol. The number of rotatable bonds is 6. The molecule has 2 rings (SSSR count).